The second-order valence-corrected chi connectivity index (χ2v) is 8.18. The van der Waals surface area contributed by atoms with Gasteiger partial charge in [0.15, 0.2) is 0 Å². The van der Waals surface area contributed by atoms with Gasteiger partial charge in [-0.15, -0.1) is 0 Å². The molecule has 6 saturated heterocycles. The Bertz CT molecular complexity index is 583. The molecule has 6 rings (SSSR count). The fourth-order valence-electron chi connectivity index (χ4n) is 3.76. The van der Waals surface area contributed by atoms with Crippen LogP contribution in [-0.2, 0) is 42.6 Å². The summed E-state index contributed by atoms with van der Waals surface area (Å²) in [6.07, 6.45) is -0.0304. The summed E-state index contributed by atoms with van der Waals surface area (Å²) in [6, 6.07) is 0. The summed E-state index contributed by atoms with van der Waals surface area (Å²) in [5, 5.41) is 9.32. The zero-order valence-corrected chi connectivity index (χ0v) is 15.5. The Hall–Kier alpha value is -0.400. The molecule has 6 fully saturated rings. The first kappa shape index (κ1) is 18.4. The van der Waals surface area contributed by atoms with Crippen LogP contribution in [0.25, 0.3) is 0 Å². The first-order chi connectivity index (χ1) is 13.8. The fourth-order valence-corrected chi connectivity index (χ4v) is 3.76. The van der Waals surface area contributed by atoms with Crippen LogP contribution in [0.1, 0.15) is 0 Å². The monoisotopic (exact) mass is 402 g/mol. The van der Waals surface area contributed by atoms with Crippen molar-refractivity contribution in [1.82, 2.24) is 0 Å². The first-order valence-corrected chi connectivity index (χ1v) is 10.0. The zero-order valence-electron chi connectivity index (χ0n) is 15.5. The molecule has 6 aliphatic heterocycles. The molecule has 0 amide bonds. The van der Waals surface area contributed by atoms with Crippen LogP contribution < -0.4 is 0 Å². The normalized spacial score (nSPS) is 52.4. The molecule has 10 unspecified atom stereocenters. The number of hydrogen-bond donors (Lipinski definition) is 1. The largest absolute Gasteiger partial charge is 0.394 e. The van der Waals surface area contributed by atoms with Crippen LogP contribution >= 0.6 is 0 Å². The van der Waals surface area contributed by atoms with Crippen LogP contribution in [-0.4, -0.2) is 119 Å². The molecule has 0 spiro atoms. The van der Waals surface area contributed by atoms with Crippen molar-refractivity contribution in [3.63, 3.8) is 0 Å². The Morgan fingerprint density at radius 2 is 1.43 bits per heavy atom. The van der Waals surface area contributed by atoms with E-state index in [1.165, 1.54) is 0 Å². The molecule has 0 aliphatic carbocycles. The number of aliphatic hydroxyl groups is 1. The lowest BCUT2D eigenvalue weighted by molar-refractivity contribution is -0.0662. The molecule has 158 valence electrons. The molecular formula is C18H26O10. The third-order valence-corrected chi connectivity index (χ3v) is 5.88. The number of aliphatic hydroxyl groups excluding tert-OH is 1. The first-order valence-electron chi connectivity index (χ1n) is 10.0. The Morgan fingerprint density at radius 3 is 2.04 bits per heavy atom. The lowest BCUT2D eigenvalue weighted by Crippen LogP contribution is -2.33. The Morgan fingerprint density at radius 1 is 0.786 bits per heavy atom. The SMILES string of the molecule is OCC1OC1C1(OCC2OC2C2OC2COCC2CO2)OC1COCC1CO1. The van der Waals surface area contributed by atoms with Gasteiger partial charge in [0.05, 0.1) is 52.9 Å². The van der Waals surface area contributed by atoms with Crippen molar-refractivity contribution in [2.24, 2.45) is 0 Å². The quantitative estimate of drug-likeness (QED) is 0.334. The number of hydrogen-bond acceptors (Lipinski definition) is 10. The third-order valence-electron chi connectivity index (χ3n) is 5.88. The van der Waals surface area contributed by atoms with Crippen molar-refractivity contribution < 1.29 is 47.7 Å². The van der Waals surface area contributed by atoms with Gasteiger partial charge in [-0.25, -0.2) is 0 Å². The van der Waals surface area contributed by atoms with Crippen molar-refractivity contribution in [2.45, 2.75) is 60.7 Å². The van der Waals surface area contributed by atoms with Crippen molar-refractivity contribution in [3.8, 4) is 0 Å². The zero-order chi connectivity index (χ0) is 18.7. The molecular weight excluding hydrogens is 376 g/mol. The highest BCUT2D eigenvalue weighted by Crippen LogP contribution is 2.51. The van der Waals surface area contributed by atoms with E-state index < -0.39 is 5.79 Å². The van der Waals surface area contributed by atoms with Crippen molar-refractivity contribution in [1.29, 1.82) is 0 Å². The maximum absolute atomic E-state index is 9.32. The minimum Gasteiger partial charge on any atom is -0.394 e. The summed E-state index contributed by atoms with van der Waals surface area (Å²) in [4.78, 5) is 0. The predicted molar refractivity (Wildman–Crippen MR) is 87.7 cm³/mol. The lowest BCUT2D eigenvalue weighted by atomic mass is 10.1. The smallest absolute Gasteiger partial charge is 0.227 e. The molecule has 1 N–H and O–H groups in total. The van der Waals surface area contributed by atoms with Gasteiger partial charge in [0, 0.05) is 0 Å². The molecule has 10 nitrogen and oxygen atoms in total. The summed E-state index contributed by atoms with van der Waals surface area (Å²) in [7, 11) is 0. The van der Waals surface area contributed by atoms with Gasteiger partial charge >= 0.3 is 0 Å². The summed E-state index contributed by atoms with van der Waals surface area (Å²) in [5.74, 6) is -0.842. The maximum Gasteiger partial charge on any atom is 0.227 e. The molecule has 0 aromatic heterocycles. The topological polar surface area (TPSA) is 123 Å². The molecule has 10 atom stereocenters. The Labute approximate surface area is 162 Å². The van der Waals surface area contributed by atoms with Crippen LogP contribution in [0.3, 0.4) is 0 Å². The standard InChI is InChI=1S/C18H26O10/c19-1-11-17(27-11)18(14(28-18)8-21-3-10-5-23-10)24-7-13-16(26-13)15-12(25-15)6-20-2-9-4-22-9/h9-17,19H,1-8H2. The van der Waals surface area contributed by atoms with E-state index in [-0.39, 0.29) is 61.5 Å². The molecule has 6 heterocycles. The van der Waals surface area contributed by atoms with E-state index in [9.17, 15) is 5.11 Å². The van der Waals surface area contributed by atoms with Gasteiger partial charge < -0.3 is 47.7 Å². The molecule has 0 bridgehead atoms. The van der Waals surface area contributed by atoms with E-state index in [0.29, 0.717) is 33.0 Å². The van der Waals surface area contributed by atoms with Gasteiger partial charge in [-0.05, 0) is 0 Å². The molecule has 0 aromatic rings. The second-order valence-electron chi connectivity index (χ2n) is 8.18. The summed E-state index contributed by atoms with van der Waals surface area (Å²) in [6.45, 7) is 4.10. The minimum absolute atomic E-state index is 0.0180. The van der Waals surface area contributed by atoms with Gasteiger partial charge in [-0.2, -0.15) is 0 Å². The van der Waals surface area contributed by atoms with Crippen molar-refractivity contribution in [3.05, 3.63) is 0 Å². The predicted octanol–water partition coefficient (Wildman–Crippen LogP) is -1.78. The fraction of sp³-hybridized carbons (Fsp3) is 1.00. The van der Waals surface area contributed by atoms with Crippen LogP contribution in [0.5, 0.6) is 0 Å². The van der Waals surface area contributed by atoms with Crippen molar-refractivity contribution >= 4 is 0 Å². The average Bonchev–Trinajstić information content (AvgIpc) is 3.49. The van der Waals surface area contributed by atoms with Gasteiger partial charge in [-0.1, -0.05) is 0 Å². The maximum atomic E-state index is 9.32. The molecule has 28 heavy (non-hydrogen) atoms. The van der Waals surface area contributed by atoms with Gasteiger partial charge in [0.25, 0.3) is 0 Å². The highest BCUT2D eigenvalue weighted by Gasteiger charge is 2.72. The van der Waals surface area contributed by atoms with E-state index >= 15 is 0 Å². The van der Waals surface area contributed by atoms with Crippen LogP contribution in [0.2, 0.25) is 0 Å². The van der Waals surface area contributed by atoms with Crippen LogP contribution in [0.4, 0.5) is 0 Å². The average molecular weight is 402 g/mol. The van der Waals surface area contributed by atoms with E-state index in [1.54, 1.807) is 0 Å². The summed E-state index contributed by atoms with van der Waals surface area (Å²) >= 11 is 0. The number of rotatable bonds is 14. The lowest BCUT2D eigenvalue weighted by Gasteiger charge is -2.11. The van der Waals surface area contributed by atoms with E-state index in [1.807, 2.05) is 0 Å². The van der Waals surface area contributed by atoms with Crippen LogP contribution in [0.15, 0.2) is 0 Å². The minimum atomic E-state index is -0.842. The summed E-state index contributed by atoms with van der Waals surface area (Å²) < 4.78 is 50.2. The van der Waals surface area contributed by atoms with Gasteiger partial charge in [0.2, 0.25) is 5.79 Å². The number of ether oxygens (including phenoxy) is 9. The number of epoxide rings is 6. The Kier molecular flexibility index (Phi) is 4.65. The summed E-state index contributed by atoms with van der Waals surface area (Å²) in [5.41, 5.74) is 0. The molecule has 0 saturated carbocycles. The highest BCUT2D eigenvalue weighted by atomic mass is 16.8. The molecule has 10 heteroatoms. The third kappa shape index (κ3) is 3.95. The van der Waals surface area contributed by atoms with E-state index in [2.05, 4.69) is 0 Å². The highest BCUT2D eigenvalue weighted by molar-refractivity contribution is 5.11. The Balaban J connectivity index is 0.929. The molecule has 0 radical (unpaired) electrons. The second kappa shape index (κ2) is 7.09. The van der Waals surface area contributed by atoms with Gasteiger partial charge in [0.1, 0.15) is 54.9 Å². The van der Waals surface area contributed by atoms with Crippen LogP contribution in [0, 0.1) is 0 Å². The van der Waals surface area contributed by atoms with E-state index in [4.69, 9.17) is 42.6 Å². The molecule has 0 aromatic carbocycles. The van der Waals surface area contributed by atoms with E-state index in [0.717, 1.165) is 13.2 Å². The van der Waals surface area contributed by atoms with Crippen molar-refractivity contribution in [2.75, 3.05) is 52.9 Å². The van der Waals surface area contributed by atoms with Gasteiger partial charge in [-0.3, -0.25) is 0 Å². The molecule has 6 aliphatic rings.